The molecule has 2 aliphatic heterocycles. The number of nitrogens with one attached hydrogen (secondary N) is 1. The van der Waals surface area contributed by atoms with Gasteiger partial charge in [-0.25, -0.2) is 0 Å². The summed E-state index contributed by atoms with van der Waals surface area (Å²) in [5.41, 5.74) is 2.68. The second-order valence-corrected chi connectivity index (χ2v) is 13.4. The van der Waals surface area contributed by atoms with Crippen LogP contribution in [0.3, 0.4) is 0 Å². The number of halogens is 3. The van der Waals surface area contributed by atoms with Gasteiger partial charge in [-0.2, -0.15) is 0 Å². The van der Waals surface area contributed by atoms with E-state index in [1.165, 1.54) is 26.1 Å². The standard InChI is InChI=1S/C34H46N4O3S2.3ClH/c1-26(2)35-24-27(39)25-41-29-11-9-28(10-12-29)40-22-21-37-19-17-36(18-20-37)15-6-16-38-31-7-4-5-8-33(31)43-34-14-13-30(42-3)23-32(34)38;;;/h4-5,7-14,23,26-27,35,39H,6,15-22,24-25H2,1-3H3;3*1H/t27-;;;/m0.../s1. The molecule has 0 radical (unpaired) electrons. The summed E-state index contributed by atoms with van der Waals surface area (Å²) in [6, 6.07) is 23.7. The summed E-state index contributed by atoms with van der Waals surface area (Å²) >= 11 is 3.69. The Bertz CT molecular complexity index is 1300. The Morgan fingerprint density at radius 3 is 2.11 bits per heavy atom. The van der Waals surface area contributed by atoms with Gasteiger partial charge in [-0.1, -0.05) is 37.7 Å². The Balaban J connectivity index is 0.00000245. The van der Waals surface area contributed by atoms with Gasteiger partial charge in [0.2, 0.25) is 0 Å². The van der Waals surface area contributed by atoms with E-state index in [9.17, 15) is 5.11 Å². The lowest BCUT2D eigenvalue weighted by Crippen LogP contribution is -2.47. The molecule has 0 spiro atoms. The third-order valence-electron chi connectivity index (χ3n) is 7.86. The molecule has 2 aliphatic rings. The second-order valence-electron chi connectivity index (χ2n) is 11.4. The number of ether oxygens (including phenoxy) is 2. The maximum atomic E-state index is 10.0. The highest BCUT2D eigenvalue weighted by molar-refractivity contribution is 8.00. The average Bonchev–Trinajstić information content (AvgIpc) is 3.03. The van der Waals surface area contributed by atoms with Crippen LogP contribution in [-0.2, 0) is 0 Å². The van der Waals surface area contributed by atoms with Crippen molar-refractivity contribution in [2.24, 2.45) is 0 Å². The topological polar surface area (TPSA) is 60.4 Å². The van der Waals surface area contributed by atoms with Crippen LogP contribution in [0.25, 0.3) is 0 Å². The van der Waals surface area contributed by atoms with E-state index in [0.29, 0.717) is 19.2 Å². The minimum absolute atomic E-state index is 0. The van der Waals surface area contributed by atoms with Crippen LogP contribution in [-0.4, -0.2) is 98.9 Å². The highest BCUT2D eigenvalue weighted by atomic mass is 35.5. The summed E-state index contributed by atoms with van der Waals surface area (Å²) in [6.07, 6.45) is 2.76. The highest BCUT2D eigenvalue weighted by Crippen LogP contribution is 2.48. The molecule has 2 N–H and O–H groups in total. The highest BCUT2D eigenvalue weighted by Gasteiger charge is 2.24. The summed E-state index contributed by atoms with van der Waals surface area (Å²) < 4.78 is 11.7. The number of aliphatic hydroxyl groups is 1. The number of para-hydroxylation sites is 1. The summed E-state index contributed by atoms with van der Waals surface area (Å²) in [4.78, 5) is 11.6. The fourth-order valence-corrected chi connectivity index (χ4v) is 6.92. The summed E-state index contributed by atoms with van der Waals surface area (Å²) in [6.45, 7) is 13.0. The van der Waals surface area contributed by atoms with Crippen LogP contribution in [0.15, 0.2) is 81.4 Å². The SMILES string of the molecule is CSc1ccc2c(c1)N(CCCN1CCN(CCOc3ccc(OC[C@@H](O)CNC(C)C)cc3)CC1)c1ccccc1S2.Cl.Cl.Cl. The number of aliphatic hydroxyl groups excluding tert-OH is 1. The molecule has 0 amide bonds. The van der Waals surface area contributed by atoms with E-state index in [-0.39, 0.29) is 43.8 Å². The van der Waals surface area contributed by atoms with Crippen molar-refractivity contribution in [3.8, 4) is 11.5 Å². The smallest absolute Gasteiger partial charge is 0.119 e. The zero-order valence-corrected chi connectivity index (χ0v) is 31.0. The predicted molar refractivity (Wildman–Crippen MR) is 202 cm³/mol. The Hall–Kier alpha value is -1.53. The molecule has 46 heavy (non-hydrogen) atoms. The Labute approximate surface area is 302 Å². The average molecular weight is 732 g/mol. The van der Waals surface area contributed by atoms with E-state index in [1.807, 2.05) is 47.8 Å². The number of benzene rings is 3. The van der Waals surface area contributed by atoms with Crippen LogP contribution >= 0.6 is 60.7 Å². The van der Waals surface area contributed by atoms with Crippen molar-refractivity contribution in [3.63, 3.8) is 0 Å². The largest absolute Gasteiger partial charge is 0.492 e. The van der Waals surface area contributed by atoms with E-state index in [4.69, 9.17) is 9.47 Å². The van der Waals surface area contributed by atoms with Gasteiger partial charge in [0.1, 0.15) is 30.8 Å². The van der Waals surface area contributed by atoms with Gasteiger partial charge in [-0.15, -0.1) is 49.0 Å². The molecule has 7 nitrogen and oxygen atoms in total. The first-order valence-electron chi connectivity index (χ1n) is 15.4. The minimum Gasteiger partial charge on any atom is -0.492 e. The van der Waals surface area contributed by atoms with E-state index in [2.05, 4.69) is 82.6 Å². The van der Waals surface area contributed by atoms with Crippen molar-refractivity contribution in [2.45, 2.75) is 47.1 Å². The van der Waals surface area contributed by atoms with Crippen molar-refractivity contribution in [2.75, 3.05) is 76.7 Å². The van der Waals surface area contributed by atoms with Crippen LogP contribution in [0, 0.1) is 0 Å². The molecule has 12 heteroatoms. The first-order chi connectivity index (χ1) is 21.0. The Morgan fingerprint density at radius 2 is 1.43 bits per heavy atom. The van der Waals surface area contributed by atoms with Crippen LogP contribution in [0.4, 0.5) is 11.4 Å². The molecule has 1 saturated heterocycles. The maximum absolute atomic E-state index is 10.0. The third kappa shape index (κ3) is 11.9. The van der Waals surface area contributed by atoms with E-state index in [0.717, 1.165) is 63.7 Å². The summed E-state index contributed by atoms with van der Waals surface area (Å²) in [7, 11) is 0. The van der Waals surface area contributed by atoms with Gasteiger partial charge in [-0.05, 0) is 73.8 Å². The number of fused-ring (bicyclic) bond motifs is 2. The first-order valence-corrected chi connectivity index (χ1v) is 17.5. The fraction of sp³-hybridized carbons (Fsp3) is 0.471. The number of piperazine rings is 1. The maximum Gasteiger partial charge on any atom is 0.119 e. The molecule has 1 atom stereocenters. The van der Waals surface area contributed by atoms with Crippen LogP contribution in [0.5, 0.6) is 11.5 Å². The molecule has 5 rings (SSSR count). The molecule has 0 aliphatic carbocycles. The second kappa shape index (κ2) is 20.8. The molecular weight excluding hydrogens is 683 g/mol. The molecule has 256 valence electrons. The van der Waals surface area contributed by atoms with Crippen LogP contribution in [0.1, 0.15) is 20.3 Å². The van der Waals surface area contributed by atoms with Crippen molar-refractivity contribution >= 4 is 72.1 Å². The lowest BCUT2D eigenvalue weighted by atomic mass is 10.2. The first kappa shape index (κ1) is 40.6. The number of thioether (sulfide) groups is 1. The third-order valence-corrected chi connectivity index (χ3v) is 9.71. The van der Waals surface area contributed by atoms with Crippen molar-refractivity contribution in [1.29, 1.82) is 0 Å². The minimum atomic E-state index is -0.531. The van der Waals surface area contributed by atoms with E-state index < -0.39 is 6.10 Å². The van der Waals surface area contributed by atoms with E-state index in [1.54, 1.807) is 0 Å². The molecular formula is C34H49Cl3N4O3S2. The number of rotatable bonds is 15. The van der Waals surface area contributed by atoms with Gasteiger partial charge in [0.05, 0.1) is 11.4 Å². The monoisotopic (exact) mass is 730 g/mol. The van der Waals surface area contributed by atoms with Gasteiger partial charge in [-0.3, -0.25) is 4.90 Å². The number of hydrogen-bond donors (Lipinski definition) is 2. The number of anilines is 2. The Morgan fingerprint density at radius 1 is 0.804 bits per heavy atom. The predicted octanol–water partition coefficient (Wildman–Crippen LogP) is 7.10. The zero-order chi connectivity index (χ0) is 30.0. The van der Waals surface area contributed by atoms with Gasteiger partial charge < -0.3 is 29.7 Å². The molecule has 0 bridgehead atoms. The molecule has 3 aromatic carbocycles. The molecule has 2 heterocycles. The van der Waals surface area contributed by atoms with Crippen LogP contribution in [0.2, 0.25) is 0 Å². The van der Waals surface area contributed by atoms with E-state index >= 15 is 0 Å². The summed E-state index contributed by atoms with van der Waals surface area (Å²) in [5.74, 6) is 1.58. The van der Waals surface area contributed by atoms with Gasteiger partial charge in [0, 0.05) is 66.5 Å². The number of hydrogen-bond acceptors (Lipinski definition) is 9. The number of nitrogens with zero attached hydrogens (tertiary/aromatic N) is 3. The van der Waals surface area contributed by atoms with Crippen molar-refractivity contribution in [1.82, 2.24) is 15.1 Å². The molecule has 3 aromatic rings. The fourth-order valence-electron chi connectivity index (χ4n) is 5.41. The van der Waals surface area contributed by atoms with Crippen molar-refractivity contribution in [3.05, 3.63) is 66.7 Å². The van der Waals surface area contributed by atoms with Gasteiger partial charge in [0.25, 0.3) is 0 Å². The molecule has 1 fully saturated rings. The zero-order valence-electron chi connectivity index (χ0n) is 26.9. The molecule has 0 saturated carbocycles. The molecule has 0 aromatic heterocycles. The lowest BCUT2D eigenvalue weighted by molar-refractivity contribution is 0.104. The summed E-state index contributed by atoms with van der Waals surface area (Å²) in [5, 5.41) is 13.2. The Kier molecular flexibility index (Phi) is 18.3. The van der Waals surface area contributed by atoms with Crippen molar-refractivity contribution < 1.29 is 14.6 Å². The quantitative estimate of drug-likeness (QED) is 0.160. The lowest BCUT2D eigenvalue weighted by Gasteiger charge is -2.36. The molecule has 0 unspecified atom stereocenters. The van der Waals surface area contributed by atoms with Gasteiger partial charge in [0.15, 0.2) is 0 Å². The normalized spacial score (nSPS) is 15.1. The van der Waals surface area contributed by atoms with Crippen LogP contribution < -0.4 is 19.7 Å². The van der Waals surface area contributed by atoms with Gasteiger partial charge >= 0.3 is 0 Å².